The largest absolute Gasteiger partial charge is 0.507 e. The number of aliphatic imine (C=N–C) groups is 1. The monoisotopic (exact) mass is 237 g/mol. The molecule has 0 atom stereocenters. The van der Waals surface area contributed by atoms with E-state index in [-0.39, 0.29) is 5.75 Å². The highest BCUT2D eigenvalue weighted by atomic mass is 16.3. The fraction of sp³-hybridized carbons (Fsp3) is 0.154. The molecule has 0 unspecified atom stereocenters. The SMILES string of the molecule is [B]c1ccc(-c2cc(N=CC)c(C)cc2O)nn1. The van der Waals surface area contributed by atoms with Gasteiger partial charge in [0.15, 0.2) is 0 Å². The second-order valence-electron chi connectivity index (χ2n) is 3.89. The van der Waals surface area contributed by atoms with Crippen molar-refractivity contribution in [3.8, 4) is 17.0 Å². The smallest absolute Gasteiger partial charge is 0.144 e. The Labute approximate surface area is 107 Å². The zero-order valence-electron chi connectivity index (χ0n) is 10.3. The Bertz CT molecular complexity index is 594. The molecule has 2 aromatic rings. The van der Waals surface area contributed by atoms with Crippen molar-refractivity contribution in [2.75, 3.05) is 0 Å². The fourth-order valence-corrected chi connectivity index (χ4v) is 1.65. The average molecular weight is 237 g/mol. The molecule has 1 aromatic carbocycles. The quantitative estimate of drug-likeness (QED) is 0.638. The summed E-state index contributed by atoms with van der Waals surface area (Å²) in [6, 6.07) is 6.80. The van der Waals surface area contributed by atoms with Crippen molar-refractivity contribution >= 4 is 25.3 Å². The number of nitrogens with zero attached hydrogens (tertiary/aromatic N) is 3. The summed E-state index contributed by atoms with van der Waals surface area (Å²) in [7, 11) is 5.48. The second kappa shape index (κ2) is 5.00. The number of aromatic nitrogens is 2. The molecular weight excluding hydrogens is 225 g/mol. The van der Waals surface area contributed by atoms with Gasteiger partial charge in [0, 0.05) is 17.4 Å². The van der Waals surface area contributed by atoms with Gasteiger partial charge in [0.2, 0.25) is 0 Å². The number of aryl methyl sites for hydroxylation is 1. The second-order valence-corrected chi connectivity index (χ2v) is 3.89. The standard InChI is InChI=1S/C13H12BN3O/c1-3-15-11-7-9(12(18)6-8(11)2)10-4-5-13(14)17-16-10/h3-7,18H,1-2H3. The molecule has 0 saturated carbocycles. The van der Waals surface area contributed by atoms with Gasteiger partial charge in [-0.25, -0.2) is 0 Å². The van der Waals surface area contributed by atoms with Gasteiger partial charge in [-0.05, 0) is 43.7 Å². The van der Waals surface area contributed by atoms with E-state index < -0.39 is 0 Å². The topological polar surface area (TPSA) is 58.4 Å². The lowest BCUT2D eigenvalue weighted by atomic mass is 10.0. The fourth-order valence-electron chi connectivity index (χ4n) is 1.65. The zero-order chi connectivity index (χ0) is 13.1. The molecule has 0 saturated heterocycles. The molecule has 1 aromatic heterocycles. The Kier molecular flexibility index (Phi) is 3.41. The van der Waals surface area contributed by atoms with Crippen LogP contribution in [0.4, 0.5) is 5.69 Å². The molecule has 0 aliphatic carbocycles. The summed E-state index contributed by atoms with van der Waals surface area (Å²) in [5.41, 5.74) is 3.20. The number of hydrogen-bond donors (Lipinski definition) is 1. The van der Waals surface area contributed by atoms with Gasteiger partial charge in [0.05, 0.1) is 11.4 Å². The van der Waals surface area contributed by atoms with E-state index >= 15 is 0 Å². The summed E-state index contributed by atoms with van der Waals surface area (Å²) in [5, 5.41) is 17.7. The first-order valence-electron chi connectivity index (χ1n) is 5.53. The third-order valence-corrected chi connectivity index (χ3v) is 2.54. The molecule has 1 heterocycles. The lowest BCUT2D eigenvalue weighted by molar-refractivity contribution is 0.476. The minimum absolute atomic E-state index is 0.154. The molecular formula is C13H12BN3O. The first-order valence-corrected chi connectivity index (χ1v) is 5.53. The Morgan fingerprint density at radius 2 is 2.06 bits per heavy atom. The number of phenols is 1. The van der Waals surface area contributed by atoms with E-state index in [9.17, 15) is 5.11 Å². The summed E-state index contributed by atoms with van der Waals surface area (Å²) in [6.45, 7) is 3.73. The van der Waals surface area contributed by atoms with E-state index in [1.165, 1.54) is 0 Å². The zero-order valence-corrected chi connectivity index (χ0v) is 10.3. The highest BCUT2D eigenvalue weighted by Gasteiger charge is 2.09. The molecule has 0 bridgehead atoms. The van der Waals surface area contributed by atoms with Crippen LogP contribution in [0, 0.1) is 6.92 Å². The Balaban J connectivity index is 2.56. The average Bonchev–Trinajstić information content (AvgIpc) is 2.34. The molecule has 4 nitrogen and oxygen atoms in total. The van der Waals surface area contributed by atoms with Crippen molar-refractivity contribution in [2.45, 2.75) is 13.8 Å². The van der Waals surface area contributed by atoms with Gasteiger partial charge in [-0.3, -0.25) is 4.99 Å². The number of aromatic hydroxyl groups is 1. The lowest BCUT2D eigenvalue weighted by Gasteiger charge is -2.07. The summed E-state index contributed by atoms with van der Waals surface area (Å²) >= 11 is 0. The number of phenolic OH excluding ortho intramolecular Hbond substituents is 1. The van der Waals surface area contributed by atoms with Crippen molar-refractivity contribution in [3.63, 3.8) is 0 Å². The van der Waals surface area contributed by atoms with Gasteiger partial charge in [0.25, 0.3) is 0 Å². The van der Waals surface area contributed by atoms with E-state index in [2.05, 4.69) is 15.2 Å². The highest BCUT2D eigenvalue weighted by molar-refractivity contribution is 6.30. The summed E-state index contributed by atoms with van der Waals surface area (Å²) in [5.74, 6) is 0.154. The number of benzene rings is 1. The van der Waals surface area contributed by atoms with Crippen LogP contribution in [0.3, 0.4) is 0 Å². The first kappa shape index (κ1) is 12.3. The number of rotatable bonds is 2. The number of hydrogen-bond acceptors (Lipinski definition) is 4. The highest BCUT2D eigenvalue weighted by Crippen LogP contribution is 2.33. The minimum Gasteiger partial charge on any atom is -0.507 e. The van der Waals surface area contributed by atoms with Crippen LogP contribution in [0.25, 0.3) is 11.3 Å². The van der Waals surface area contributed by atoms with Crippen LogP contribution in [0.15, 0.2) is 29.3 Å². The maximum atomic E-state index is 9.96. The Morgan fingerprint density at radius 3 is 2.67 bits per heavy atom. The Morgan fingerprint density at radius 1 is 1.28 bits per heavy atom. The molecule has 18 heavy (non-hydrogen) atoms. The summed E-state index contributed by atoms with van der Waals surface area (Å²) in [6.07, 6.45) is 1.71. The predicted octanol–water partition coefficient (Wildman–Crippen LogP) is 1.67. The van der Waals surface area contributed by atoms with E-state index in [1.54, 1.807) is 30.5 Å². The van der Waals surface area contributed by atoms with Crippen LogP contribution in [-0.4, -0.2) is 29.4 Å². The minimum atomic E-state index is 0.154. The van der Waals surface area contributed by atoms with E-state index in [0.717, 1.165) is 11.3 Å². The first-order chi connectivity index (χ1) is 8.61. The molecule has 0 aliphatic rings. The van der Waals surface area contributed by atoms with E-state index in [0.29, 0.717) is 16.9 Å². The summed E-state index contributed by atoms with van der Waals surface area (Å²) < 4.78 is 0. The molecule has 0 fully saturated rings. The third-order valence-electron chi connectivity index (χ3n) is 2.54. The molecule has 0 amide bonds. The maximum absolute atomic E-state index is 9.96. The molecule has 0 aliphatic heterocycles. The van der Waals surface area contributed by atoms with Crippen molar-refractivity contribution in [1.82, 2.24) is 10.2 Å². The molecule has 5 heteroatoms. The van der Waals surface area contributed by atoms with E-state index in [4.69, 9.17) is 7.85 Å². The van der Waals surface area contributed by atoms with Crippen LogP contribution in [0.5, 0.6) is 5.75 Å². The third kappa shape index (κ3) is 2.40. The molecule has 1 N–H and O–H groups in total. The van der Waals surface area contributed by atoms with Crippen molar-refractivity contribution in [3.05, 3.63) is 29.8 Å². The maximum Gasteiger partial charge on any atom is 0.144 e. The van der Waals surface area contributed by atoms with Gasteiger partial charge in [-0.1, -0.05) is 0 Å². The van der Waals surface area contributed by atoms with Crippen LogP contribution < -0.4 is 5.59 Å². The Hall–Kier alpha value is -2.17. The van der Waals surface area contributed by atoms with Gasteiger partial charge < -0.3 is 5.11 Å². The van der Waals surface area contributed by atoms with E-state index in [1.807, 2.05) is 13.8 Å². The normalized spacial score (nSPS) is 11.0. The van der Waals surface area contributed by atoms with Crippen molar-refractivity contribution in [2.24, 2.45) is 4.99 Å². The molecule has 0 spiro atoms. The molecule has 88 valence electrons. The van der Waals surface area contributed by atoms with Gasteiger partial charge in [0.1, 0.15) is 13.6 Å². The van der Waals surface area contributed by atoms with Gasteiger partial charge in [-0.2, -0.15) is 10.2 Å². The van der Waals surface area contributed by atoms with Crippen LogP contribution in [0.2, 0.25) is 0 Å². The van der Waals surface area contributed by atoms with Crippen molar-refractivity contribution < 1.29 is 5.11 Å². The van der Waals surface area contributed by atoms with Crippen LogP contribution in [0.1, 0.15) is 12.5 Å². The predicted molar refractivity (Wildman–Crippen MR) is 73.1 cm³/mol. The van der Waals surface area contributed by atoms with Crippen LogP contribution in [-0.2, 0) is 0 Å². The molecule has 2 radical (unpaired) electrons. The van der Waals surface area contributed by atoms with Crippen molar-refractivity contribution in [1.29, 1.82) is 0 Å². The van der Waals surface area contributed by atoms with Crippen LogP contribution >= 0.6 is 0 Å². The summed E-state index contributed by atoms with van der Waals surface area (Å²) in [4.78, 5) is 4.24. The van der Waals surface area contributed by atoms with Gasteiger partial charge in [-0.15, -0.1) is 0 Å². The lowest BCUT2D eigenvalue weighted by Crippen LogP contribution is -2.09. The molecule has 2 rings (SSSR count). The van der Waals surface area contributed by atoms with Gasteiger partial charge >= 0.3 is 0 Å².